The summed E-state index contributed by atoms with van der Waals surface area (Å²) in [7, 11) is 3.21. The normalized spacial score (nSPS) is 19.9. The molecule has 0 bridgehead atoms. The maximum Gasteiger partial charge on any atom is 0.228 e. The van der Waals surface area contributed by atoms with Crippen molar-refractivity contribution in [3.63, 3.8) is 0 Å². The highest BCUT2D eigenvalue weighted by Crippen LogP contribution is 2.41. The molecular weight excluding hydrogens is 485 g/mol. The number of carbonyl (C=O) groups is 2. The Morgan fingerprint density at radius 3 is 1.92 bits per heavy atom. The van der Waals surface area contributed by atoms with Crippen molar-refractivity contribution in [2.45, 2.75) is 18.9 Å². The Bertz CT molecular complexity index is 1260. The lowest BCUT2D eigenvalue weighted by atomic mass is 9.82. The van der Waals surface area contributed by atoms with Crippen LogP contribution in [0.5, 0.6) is 11.5 Å². The first-order valence-corrected chi connectivity index (χ1v) is 12.9. The highest BCUT2D eigenvalue weighted by Gasteiger charge is 2.43. The minimum Gasteiger partial charge on any atom is -0.497 e. The van der Waals surface area contributed by atoms with Gasteiger partial charge in [0.1, 0.15) is 17.3 Å². The average Bonchev–Trinajstić information content (AvgIpc) is 2.97. The summed E-state index contributed by atoms with van der Waals surface area (Å²) in [6.07, 6.45) is 0.782. The minimum atomic E-state index is -0.446. The van der Waals surface area contributed by atoms with Crippen molar-refractivity contribution in [1.82, 2.24) is 4.90 Å². The number of piperazine rings is 1. The molecule has 0 N–H and O–H groups in total. The van der Waals surface area contributed by atoms with Gasteiger partial charge in [0.2, 0.25) is 11.8 Å². The van der Waals surface area contributed by atoms with E-state index in [1.807, 2.05) is 53.4 Å². The van der Waals surface area contributed by atoms with Gasteiger partial charge in [0, 0.05) is 44.0 Å². The lowest BCUT2D eigenvalue weighted by molar-refractivity contribution is -0.138. The summed E-state index contributed by atoms with van der Waals surface area (Å²) in [5, 5.41) is 0. The fraction of sp³-hybridized carbons (Fsp3) is 0.333. The molecule has 3 aromatic carbocycles. The minimum absolute atomic E-state index is 0.0128. The molecule has 3 aromatic rings. The predicted octanol–water partition coefficient (Wildman–Crippen LogP) is 4.68. The molecule has 0 aliphatic carbocycles. The van der Waals surface area contributed by atoms with E-state index in [1.165, 1.54) is 12.1 Å². The first-order chi connectivity index (χ1) is 18.5. The van der Waals surface area contributed by atoms with Crippen LogP contribution in [-0.4, -0.2) is 57.1 Å². The molecule has 2 aliphatic heterocycles. The van der Waals surface area contributed by atoms with E-state index < -0.39 is 6.04 Å². The van der Waals surface area contributed by atoms with E-state index in [-0.39, 0.29) is 23.5 Å². The SMILES string of the molecule is COc1ccc([C@H]2[C@H](C(=O)N3CCN(c4ccc(F)cc4)CC3)CCC(=O)N2c2ccc(OC)cc2)cc1. The lowest BCUT2D eigenvalue weighted by Gasteiger charge is -2.44. The maximum absolute atomic E-state index is 14.0. The predicted molar refractivity (Wildman–Crippen MR) is 144 cm³/mol. The first kappa shape index (κ1) is 25.6. The summed E-state index contributed by atoms with van der Waals surface area (Å²) in [5.41, 5.74) is 2.57. The topological polar surface area (TPSA) is 62.3 Å². The van der Waals surface area contributed by atoms with Crippen LogP contribution in [0.1, 0.15) is 24.4 Å². The van der Waals surface area contributed by atoms with Crippen molar-refractivity contribution in [3.05, 3.63) is 84.2 Å². The molecule has 0 spiro atoms. The maximum atomic E-state index is 14.0. The van der Waals surface area contributed by atoms with Crippen molar-refractivity contribution in [3.8, 4) is 11.5 Å². The van der Waals surface area contributed by atoms with Gasteiger partial charge in [-0.15, -0.1) is 0 Å². The van der Waals surface area contributed by atoms with E-state index in [4.69, 9.17) is 9.47 Å². The van der Waals surface area contributed by atoms with Gasteiger partial charge >= 0.3 is 0 Å². The van der Waals surface area contributed by atoms with Gasteiger partial charge < -0.3 is 24.2 Å². The van der Waals surface area contributed by atoms with E-state index >= 15 is 0 Å². The van der Waals surface area contributed by atoms with Gasteiger partial charge in [0.05, 0.1) is 26.2 Å². The Morgan fingerprint density at radius 2 is 1.34 bits per heavy atom. The molecule has 2 heterocycles. The molecule has 0 aromatic heterocycles. The van der Waals surface area contributed by atoms with Crippen LogP contribution in [0.2, 0.25) is 0 Å². The molecule has 7 nitrogen and oxygen atoms in total. The Hall–Kier alpha value is -4.07. The number of benzene rings is 3. The lowest BCUT2D eigenvalue weighted by Crippen LogP contribution is -2.54. The smallest absolute Gasteiger partial charge is 0.228 e. The number of hydrogen-bond donors (Lipinski definition) is 0. The third-order valence-electron chi connectivity index (χ3n) is 7.51. The monoisotopic (exact) mass is 517 g/mol. The van der Waals surface area contributed by atoms with E-state index in [1.54, 1.807) is 31.3 Å². The number of rotatable bonds is 6. The van der Waals surface area contributed by atoms with Crippen molar-refractivity contribution >= 4 is 23.2 Å². The number of anilines is 2. The van der Waals surface area contributed by atoms with Crippen LogP contribution in [0.4, 0.5) is 15.8 Å². The van der Waals surface area contributed by atoms with Gasteiger partial charge in [-0.25, -0.2) is 4.39 Å². The molecule has 2 fully saturated rings. The zero-order valence-electron chi connectivity index (χ0n) is 21.7. The van der Waals surface area contributed by atoms with Gasteiger partial charge in [-0.05, 0) is 72.6 Å². The summed E-state index contributed by atoms with van der Waals surface area (Å²) in [5.74, 6) is 0.801. The van der Waals surface area contributed by atoms with Crippen LogP contribution in [-0.2, 0) is 9.59 Å². The summed E-state index contributed by atoms with van der Waals surface area (Å²) in [4.78, 5) is 33.2. The first-order valence-electron chi connectivity index (χ1n) is 12.9. The molecule has 0 unspecified atom stereocenters. The second kappa shape index (κ2) is 11.1. The molecule has 2 saturated heterocycles. The van der Waals surface area contributed by atoms with E-state index in [2.05, 4.69) is 4.90 Å². The largest absolute Gasteiger partial charge is 0.497 e. The summed E-state index contributed by atoms with van der Waals surface area (Å²) >= 11 is 0. The Balaban J connectivity index is 1.41. The molecule has 5 rings (SSSR count). The quantitative estimate of drug-likeness (QED) is 0.475. The molecule has 38 heavy (non-hydrogen) atoms. The standard InChI is InChI=1S/C30H32FN3O4/c1-37-25-11-3-21(4-12-25)29-27(15-16-28(35)34(29)24-9-13-26(38-2)14-10-24)30(36)33-19-17-32(18-20-33)23-7-5-22(31)6-8-23/h3-14,27,29H,15-20H2,1-2H3/t27-,29+/m1/s1. The van der Waals surface area contributed by atoms with Crippen LogP contribution < -0.4 is 19.3 Å². The molecule has 0 radical (unpaired) electrons. The molecule has 198 valence electrons. The molecule has 2 atom stereocenters. The van der Waals surface area contributed by atoms with Crippen molar-refractivity contribution in [1.29, 1.82) is 0 Å². The van der Waals surface area contributed by atoms with Crippen LogP contribution >= 0.6 is 0 Å². The Morgan fingerprint density at radius 1 is 0.789 bits per heavy atom. The molecule has 8 heteroatoms. The van der Waals surface area contributed by atoms with Crippen LogP contribution in [0, 0.1) is 11.7 Å². The van der Waals surface area contributed by atoms with Crippen LogP contribution in [0.15, 0.2) is 72.8 Å². The number of amides is 2. The van der Waals surface area contributed by atoms with Crippen molar-refractivity contribution in [2.75, 3.05) is 50.2 Å². The van der Waals surface area contributed by atoms with Gasteiger partial charge in [-0.3, -0.25) is 9.59 Å². The Kier molecular flexibility index (Phi) is 7.49. The summed E-state index contributed by atoms with van der Waals surface area (Å²) in [6, 6.07) is 21.0. The van der Waals surface area contributed by atoms with E-state index in [0.717, 1.165) is 16.9 Å². The zero-order chi connectivity index (χ0) is 26.6. The van der Waals surface area contributed by atoms with Crippen molar-refractivity contribution in [2.24, 2.45) is 5.92 Å². The van der Waals surface area contributed by atoms with Gasteiger partial charge in [0.15, 0.2) is 0 Å². The van der Waals surface area contributed by atoms with Crippen LogP contribution in [0.3, 0.4) is 0 Å². The number of carbonyl (C=O) groups excluding carboxylic acids is 2. The van der Waals surface area contributed by atoms with E-state index in [9.17, 15) is 14.0 Å². The third-order valence-corrected chi connectivity index (χ3v) is 7.51. The number of hydrogen-bond acceptors (Lipinski definition) is 5. The number of piperidine rings is 1. The highest BCUT2D eigenvalue weighted by molar-refractivity contribution is 5.97. The molecule has 2 amide bonds. The summed E-state index contributed by atoms with van der Waals surface area (Å²) in [6.45, 7) is 2.47. The number of halogens is 1. The fourth-order valence-electron chi connectivity index (χ4n) is 5.45. The number of nitrogens with zero attached hydrogens (tertiary/aromatic N) is 3. The number of ether oxygens (including phenoxy) is 2. The average molecular weight is 518 g/mol. The van der Waals surface area contributed by atoms with Gasteiger partial charge in [-0.2, -0.15) is 0 Å². The summed E-state index contributed by atoms with van der Waals surface area (Å²) < 4.78 is 24.0. The molecular formula is C30H32FN3O4. The molecule has 0 saturated carbocycles. The van der Waals surface area contributed by atoms with Gasteiger partial charge in [-0.1, -0.05) is 12.1 Å². The highest BCUT2D eigenvalue weighted by atomic mass is 19.1. The second-order valence-electron chi connectivity index (χ2n) is 9.61. The van der Waals surface area contributed by atoms with Crippen molar-refractivity contribution < 1.29 is 23.5 Å². The second-order valence-corrected chi connectivity index (χ2v) is 9.61. The third kappa shape index (κ3) is 5.16. The van der Waals surface area contributed by atoms with E-state index in [0.29, 0.717) is 50.5 Å². The van der Waals surface area contributed by atoms with Crippen LogP contribution in [0.25, 0.3) is 0 Å². The Labute approximate surface area is 222 Å². The van der Waals surface area contributed by atoms with Gasteiger partial charge in [0.25, 0.3) is 0 Å². The number of methoxy groups -OCH3 is 2. The fourth-order valence-corrected chi connectivity index (χ4v) is 5.45. The molecule has 2 aliphatic rings. The zero-order valence-corrected chi connectivity index (χ0v) is 21.7.